The zero-order valence-electron chi connectivity index (χ0n) is 20.7. The van der Waals surface area contributed by atoms with Gasteiger partial charge in [-0.15, -0.1) is 0 Å². The van der Waals surface area contributed by atoms with Crippen molar-refractivity contribution in [2.45, 2.75) is 26.8 Å². The molecule has 6 heterocycles. The van der Waals surface area contributed by atoms with Gasteiger partial charge in [0.15, 0.2) is 0 Å². The molecule has 1 fully saturated rings. The van der Waals surface area contributed by atoms with Crippen LogP contribution in [0.1, 0.15) is 25.7 Å². The Morgan fingerprint density at radius 1 is 0.943 bits per heavy atom. The normalized spacial score (nSPS) is 15.1. The first kappa shape index (κ1) is 21.7. The van der Waals surface area contributed by atoms with Gasteiger partial charge in [0.05, 0.1) is 17.4 Å². The van der Waals surface area contributed by atoms with Crippen LogP contribution in [0.5, 0.6) is 0 Å². The van der Waals surface area contributed by atoms with Crippen molar-refractivity contribution in [3.8, 4) is 22.4 Å². The lowest BCUT2D eigenvalue weighted by Crippen LogP contribution is -2.44. The molecule has 6 rings (SSSR count). The highest BCUT2D eigenvalue weighted by atomic mass is 15.3. The maximum Gasteiger partial charge on any atom is 0.137 e. The summed E-state index contributed by atoms with van der Waals surface area (Å²) in [7, 11) is 2.17. The van der Waals surface area contributed by atoms with Crippen molar-refractivity contribution in [2.75, 3.05) is 38.1 Å². The molecule has 5 aromatic heterocycles. The van der Waals surface area contributed by atoms with Crippen molar-refractivity contribution in [1.29, 1.82) is 0 Å². The first-order chi connectivity index (χ1) is 17.0. The van der Waals surface area contributed by atoms with E-state index in [1.54, 1.807) is 0 Å². The van der Waals surface area contributed by atoms with Crippen LogP contribution in [0.25, 0.3) is 44.5 Å². The molecule has 1 N–H and O–H groups in total. The molecule has 35 heavy (non-hydrogen) atoms. The number of hydrogen-bond donors (Lipinski definition) is 1. The number of H-pyrrole nitrogens is 1. The van der Waals surface area contributed by atoms with Crippen LogP contribution in [-0.2, 0) is 0 Å². The SMILES string of the molecule is Cc1nc2cnc(-c3c[nH]c4ncc(-c5ccnc(N6CCN(C)CC6)c5)cc34)cc2n1C(C)C. The number of imidazole rings is 1. The summed E-state index contributed by atoms with van der Waals surface area (Å²) in [6.45, 7) is 10.5. The minimum absolute atomic E-state index is 0.327. The minimum Gasteiger partial charge on any atom is -0.354 e. The Morgan fingerprint density at radius 3 is 2.57 bits per heavy atom. The fraction of sp³-hybridized carbons (Fsp3) is 0.333. The molecule has 5 aromatic rings. The minimum atomic E-state index is 0.327. The van der Waals surface area contributed by atoms with Gasteiger partial charge in [-0.25, -0.2) is 15.0 Å². The Bertz CT molecular complexity index is 1520. The van der Waals surface area contributed by atoms with Crippen molar-refractivity contribution >= 4 is 27.9 Å². The zero-order chi connectivity index (χ0) is 24.1. The van der Waals surface area contributed by atoms with Gasteiger partial charge >= 0.3 is 0 Å². The van der Waals surface area contributed by atoms with Crippen molar-refractivity contribution in [1.82, 2.24) is 34.4 Å². The van der Waals surface area contributed by atoms with Gasteiger partial charge in [0.2, 0.25) is 0 Å². The van der Waals surface area contributed by atoms with Crippen LogP contribution in [0.15, 0.2) is 49.1 Å². The first-order valence-corrected chi connectivity index (χ1v) is 12.2. The van der Waals surface area contributed by atoms with E-state index in [1.807, 2.05) is 31.7 Å². The Kier molecular flexibility index (Phi) is 5.25. The van der Waals surface area contributed by atoms with E-state index in [9.17, 15) is 0 Å². The van der Waals surface area contributed by atoms with Crippen molar-refractivity contribution in [3.05, 3.63) is 54.9 Å². The largest absolute Gasteiger partial charge is 0.354 e. The zero-order valence-corrected chi connectivity index (χ0v) is 20.7. The molecule has 0 radical (unpaired) electrons. The lowest BCUT2D eigenvalue weighted by molar-refractivity contribution is 0.312. The third-order valence-electron chi connectivity index (χ3n) is 6.98. The van der Waals surface area contributed by atoms with E-state index in [4.69, 9.17) is 15.0 Å². The number of pyridine rings is 3. The lowest BCUT2D eigenvalue weighted by Gasteiger charge is -2.33. The average Bonchev–Trinajstić information content (AvgIpc) is 3.43. The second-order valence-corrected chi connectivity index (χ2v) is 9.70. The van der Waals surface area contributed by atoms with Crippen LogP contribution >= 0.6 is 0 Å². The molecular formula is C27H30N8. The second-order valence-electron chi connectivity index (χ2n) is 9.70. The van der Waals surface area contributed by atoms with Gasteiger partial charge in [-0.3, -0.25) is 4.98 Å². The van der Waals surface area contributed by atoms with E-state index in [0.717, 1.165) is 82.3 Å². The summed E-state index contributed by atoms with van der Waals surface area (Å²) < 4.78 is 2.26. The van der Waals surface area contributed by atoms with Gasteiger partial charge in [-0.05, 0) is 57.6 Å². The number of aromatic amines is 1. The molecule has 0 amide bonds. The van der Waals surface area contributed by atoms with Crippen molar-refractivity contribution in [3.63, 3.8) is 0 Å². The Labute approximate surface area is 204 Å². The molecule has 1 aliphatic heterocycles. The van der Waals surface area contributed by atoms with E-state index < -0.39 is 0 Å². The fourth-order valence-corrected chi connectivity index (χ4v) is 5.10. The topological polar surface area (TPSA) is 78.8 Å². The number of nitrogens with zero attached hydrogens (tertiary/aromatic N) is 7. The van der Waals surface area contributed by atoms with Crippen LogP contribution in [-0.4, -0.2) is 67.6 Å². The van der Waals surface area contributed by atoms with E-state index in [1.165, 1.54) is 0 Å². The Balaban J connectivity index is 1.40. The van der Waals surface area contributed by atoms with E-state index in [0.29, 0.717) is 6.04 Å². The molecule has 1 aliphatic rings. The summed E-state index contributed by atoms with van der Waals surface area (Å²) in [6, 6.07) is 8.90. The number of likely N-dealkylation sites (N-methyl/N-ethyl adjacent to an activating group) is 1. The molecule has 178 valence electrons. The van der Waals surface area contributed by atoms with Crippen LogP contribution in [0, 0.1) is 6.92 Å². The number of piperazine rings is 1. The standard InChI is InChI=1S/C27H30N8/c1-17(2)35-18(3)32-24-16-29-23(13-25(24)35)22-15-31-27-21(22)11-20(14-30-27)19-5-6-28-26(12-19)34-9-7-33(4)8-10-34/h5-6,11-17H,7-10H2,1-4H3,(H,30,31). The first-order valence-electron chi connectivity index (χ1n) is 12.2. The average molecular weight is 467 g/mol. The Morgan fingerprint density at radius 2 is 1.77 bits per heavy atom. The number of hydrogen-bond acceptors (Lipinski definition) is 6. The van der Waals surface area contributed by atoms with Crippen LogP contribution < -0.4 is 4.90 Å². The maximum absolute atomic E-state index is 4.75. The predicted octanol–water partition coefficient (Wildman–Crippen LogP) is 4.68. The molecule has 8 heteroatoms. The lowest BCUT2D eigenvalue weighted by atomic mass is 10.0. The number of aryl methyl sites for hydroxylation is 1. The molecule has 1 saturated heterocycles. The summed E-state index contributed by atoms with van der Waals surface area (Å²) in [5.41, 5.74) is 7.02. The fourth-order valence-electron chi connectivity index (χ4n) is 5.10. The highest BCUT2D eigenvalue weighted by Crippen LogP contribution is 2.32. The van der Waals surface area contributed by atoms with Crippen molar-refractivity contribution in [2.24, 2.45) is 0 Å². The molecule has 0 aromatic carbocycles. The number of anilines is 1. The van der Waals surface area contributed by atoms with Crippen LogP contribution in [0.4, 0.5) is 5.82 Å². The maximum atomic E-state index is 4.75. The summed E-state index contributed by atoms with van der Waals surface area (Å²) >= 11 is 0. The summed E-state index contributed by atoms with van der Waals surface area (Å²) in [5, 5.41) is 1.06. The quantitative estimate of drug-likeness (QED) is 0.414. The van der Waals surface area contributed by atoms with Crippen LogP contribution in [0.2, 0.25) is 0 Å². The van der Waals surface area contributed by atoms with Gasteiger partial charge in [0.25, 0.3) is 0 Å². The monoisotopic (exact) mass is 466 g/mol. The van der Waals surface area contributed by atoms with E-state index >= 15 is 0 Å². The second kappa shape index (κ2) is 8.46. The number of rotatable bonds is 4. The highest BCUT2D eigenvalue weighted by Gasteiger charge is 2.17. The molecule has 0 bridgehead atoms. The van der Waals surface area contributed by atoms with Gasteiger partial charge in [0.1, 0.15) is 22.8 Å². The highest BCUT2D eigenvalue weighted by molar-refractivity contribution is 5.96. The third-order valence-corrected chi connectivity index (χ3v) is 6.98. The molecule has 0 unspecified atom stereocenters. The summed E-state index contributed by atoms with van der Waals surface area (Å²) in [5.74, 6) is 2.03. The smallest absolute Gasteiger partial charge is 0.137 e. The summed E-state index contributed by atoms with van der Waals surface area (Å²) in [6.07, 6.45) is 7.70. The summed E-state index contributed by atoms with van der Waals surface area (Å²) in [4.78, 5) is 26.9. The molecule has 0 atom stereocenters. The molecule has 8 nitrogen and oxygen atoms in total. The third kappa shape index (κ3) is 3.83. The van der Waals surface area contributed by atoms with Gasteiger partial charge in [-0.2, -0.15) is 0 Å². The molecule has 0 saturated carbocycles. The van der Waals surface area contributed by atoms with E-state index in [-0.39, 0.29) is 0 Å². The Hall–Kier alpha value is -3.78. The molecular weight excluding hydrogens is 436 g/mol. The molecule has 0 spiro atoms. The van der Waals surface area contributed by atoms with Gasteiger partial charge in [-0.1, -0.05) is 0 Å². The number of aromatic nitrogens is 6. The number of fused-ring (bicyclic) bond motifs is 2. The predicted molar refractivity (Wildman–Crippen MR) is 141 cm³/mol. The molecule has 0 aliphatic carbocycles. The van der Waals surface area contributed by atoms with Gasteiger partial charge < -0.3 is 19.4 Å². The van der Waals surface area contributed by atoms with Gasteiger partial charge in [0, 0.05) is 67.3 Å². The van der Waals surface area contributed by atoms with Crippen molar-refractivity contribution < 1.29 is 0 Å². The van der Waals surface area contributed by atoms with E-state index in [2.05, 4.69) is 69.5 Å². The van der Waals surface area contributed by atoms with Crippen LogP contribution in [0.3, 0.4) is 0 Å². The number of nitrogens with one attached hydrogen (secondary N) is 1.